The third kappa shape index (κ3) is 1.98. The monoisotopic (exact) mass is 152 g/mol. The molecule has 0 aromatic heterocycles. The molecule has 2 rings (SSSR count). The molecule has 2 heteroatoms. The van der Waals surface area contributed by atoms with Crippen molar-refractivity contribution in [3.05, 3.63) is 0 Å². The molecule has 2 saturated carbocycles. The zero-order chi connectivity index (χ0) is 8.27. The minimum atomic E-state index is -1.22. The summed E-state index contributed by atoms with van der Waals surface area (Å²) in [5, 5.41) is 7.49. The first-order chi connectivity index (χ1) is 5.24. The van der Waals surface area contributed by atoms with E-state index in [4.69, 9.17) is 9.90 Å². The normalized spacial score (nSPS) is 30.8. The summed E-state index contributed by atoms with van der Waals surface area (Å²) >= 11 is 0. The Kier molecular flexibility index (Phi) is 2.53. The van der Waals surface area contributed by atoms with Crippen molar-refractivity contribution in [3.8, 4) is 12.3 Å². The van der Waals surface area contributed by atoms with Crippen LogP contribution < -0.4 is 0 Å². The summed E-state index contributed by atoms with van der Waals surface area (Å²) < 4.78 is 0. The molecule has 1 N–H and O–H groups in total. The Balaban J connectivity index is 0.000000114. The molecule has 11 heavy (non-hydrogen) atoms. The summed E-state index contributed by atoms with van der Waals surface area (Å²) in [6.07, 6.45) is 10.6. The Morgan fingerprint density at radius 2 is 1.55 bits per heavy atom. The van der Waals surface area contributed by atoms with Crippen LogP contribution in [0.1, 0.15) is 25.7 Å². The van der Waals surface area contributed by atoms with Crippen LogP contribution in [-0.4, -0.2) is 11.1 Å². The number of aliphatic carboxylic acids is 1. The topological polar surface area (TPSA) is 37.3 Å². The molecule has 0 bridgehead atoms. The van der Waals surface area contributed by atoms with Crippen LogP contribution >= 0.6 is 0 Å². The lowest BCUT2D eigenvalue weighted by Crippen LogP contribution is -2.34. The molecule has 2 nitrogen and oxygen atoms in total. The van der Waals surface area contributed by atoms with E-state index >= 15 is 0 Å². The van der Waals surface area contributed by atoms with Gasteiger partial charge in [0.2, 0.25) is 0 Å². The van der Waals surface area contributed by atoms with Gasteiger partial charge in [-0.05, 0) is 37.5 Å². The highest BCUT2D eigenvalue weighted by Crippen LogP contribution is 2.49. The van der Waals surface area contributed by atoms with Crippen molar-refractivity contribution in [2.45, 2.75) is 25.7 Å². The molecule has 0 aromatic carbocycles. The van der Waals surface area contributed by atoms with E-state index in [0.29, 0.717) is 0 Å². The third-order valence-electron chi connectivity index (χ3n) is 2.61. The smallest absolute Gasteiger partial charge is 0.381 e. The number of terminal acetylenes is 1. The fourth-order valence-corrected chi connectivity index (χ4v) is 1.56. The van der Waals surface area contributed by atoms with Gasteiger partial charge in [-0.1, -0.05) is 0 Å². The van der Waals surface area contributed by atoms with Gasteiger partial charge in [-0.2, -0.15) is 0 Å². The van der Waals surface area contributed by atoms with Crippen molar-refractivity contribution in [2.24, 2.45) is 11.8 Å². The average molecular weight is 152 g/mol. The van der Waals surface area contributed by atoms with Gasteiger partial charge in [-0.3, -0.25) is 0 Å². The van der Waals surface area contributed by atoms with Gasteiger partial charge in [-0.25, -0.2) is 4.79 Å². The fourth-order valence-electron chi connectivity index (χ4n) is 1.56. The van der Waals surface area contributed by atoms with E-state index in [0.717, 1.165) is 0 Å². The van der Waals surface area contributed by atoms with E-state index in [9.17, 15) is 0 Å². The Morgan fingerprint density at radius 3 is 1.55 bits per heavy atom. The number of carboxylic acid groups (broad SMARTS) is 1. The Morgan fingerprint density at radius 1 is 1.27 bits per heavy atom. The Labute approximate surface area is 66.6 Å². The first-order valence-corrected chi connectivity index (χ1v) is 3.93. The van der Waals surface area contributed by atoms with Gasteiger partial charge in [0, 0.05) is 5.92 Å². The van der Waals surface area contributed by atoms with Crippen LogP contribution in [0.2, 0.25) is 0 Å². The molecular weight excluding hydrogens is 140 g/mol. The van der Waals surface area contributed by atoms with E-state index in [-0.39, 0.29) is 0 Å². The maximum absolute atomic E-state index is 9.13. The number of hydrogen-bond acceptors (Lipinski definition) is 1. The average Bonchev–Trinajstić information content (AvgIpc) is 1.98. The predicted molar refractivity (Wildman–Crippen MR) is 41.9 cm³/mol. The van der Waals surface area contributed by atoms with Crippen LogP contribution in [0.15, 0.2) is 0 Å². The van der Waals surface area contributed by atoms with Crippen LogP contribution in [0, 0.1) is 24.2 Å². The van der Waals surface area contributed by atoms with Crippen molar-refractivity contribution in [2.75, 3.05) is 0 Å². The lowest BCUT2D eigenvalue weighted by molar-refractivity contribution is -0.130. The van der Waals surface area contributed by atoms with Crippen molar-refractivity contribution < 1.29 is 9.90 Å². The molecule has 0 unspecified atom stereocenters. The number of rotatable bonds is 0. The lowest BCUT2D eigenvalue weighted by atomic mass is 9.60. The minimum Gasteiger partial charge on any atom is -0.472 e. The second-order valence-electron chi connectivity index (χ2n) is 3.12. The van der Waals surface area contributed by atoms with Crippen LogP contribution in [0.25, 0.3) is 0 Å². The van der Waals surface area contributed by atoms with Crippen molar-refractivity contribution in [1.29, 1.82) is 0 Å². The van der Waals surface area contributed by atoms with Crippen molar-refractivity contribution in [3.63, 3.8) is 0 Å². The van der Waals surface area contributed by atoms with Gasteiger partial charge in [0.25, 0.3) is 0 Å². The molecule has 0 aliphatic heterocycles. The number of carbonyl (C=O) groups is 1. The standard InChI is InChI=1S/C6H10.C3H2O2/c1-2-6-4-3-5(1)6;1-2-3(4)5/h5-6H,1-4H2;1H,(H,4,5). The molecule has 2 aliphatic carbocycles. The maximum Gasteiger partial charge on any atom is 0.381 e. The van der Waals surface area contributed by atoms with E-state index in [1.807, 2.05) is 0 Å². The predicted octanol–water partition coefficient (Wildman–Crippen LogP) is 1.51. The largest absolute Gasteiger partial charge is 0.472 e. The van der Waals surface area contributed by atoms with Gasteiger partial charge in [0.15, 0.2) is 0 Å². The quantitative estimate of drug-likeness (QED) is 0.534. The van der Waals surface area contributed by atoms with E-state index < -0.39 is 5.97 Å². The highest BCUT2D eigenvalue weighted by Gasteiger charge is 2.37. The molecular formula is C9H12O2. The second kappa shape index (κ2) is 3.43. The fraction of sp³-hybridized carbons (Fsp3) is 0.667. The molecule has 0 saturated heterocycles. The third-order valence-corrected chi connectivity index (χ3v) is 2.61. The molecule has 60 valence electrons. The SMILES string of the molecule is C#CC(=O)O.C1CC2CCC12. The molecule has 0 aromatic rings. The van der Waals surface area contributed by atoms with Crippen LogP contribution in [-0.2, 0) is 4.79 Å². The number of hydrogen-bond donors (Lipinski definition) is 1. The molecule has 0 heterocycles. The lowest BCUT2D eigenvalue weighted by Gasteiger charge is -2.46. The maximum atomic E-state index is 9.13. The highest BCUT2D eigenvalue weighted by molar-refractivity contribution is 5.85. The summed E-state index contributed by atoms with van der Waals surface area (Å²) in [4.78, 5) is 9.13. The summed E-state index contributed by atoms with van der Waals surface area (Å²) in [5.74, 6) is 2.65. The second-order valence-corrected chi connectivity index (χ2v) is 3.12. The van der Waals surface area contributed by atoms with Crippen LogP contribution in [0.4, 0.5) is 0 Å². The van der Waals surface area contributed by atoms with Gasteiger partial charge >= 0.3 is 5.97 Å². The van der Waals surface area contributed by atoms with E-state index in [2.05, 4.69) is 6.42 Å². The van der Waals surface area contributed by atoms with Gasteiger partial charge in [-0.15, -0.1) is 6.42 Å². The molecule has 0 radical (unpaired) electrons. The Hall–Kier alpha value is -0.970. The van der Waals surface area contributed by atoms with Gasteiger partial charge < -0.3 is 5.11 Å². The molecule has 0 amide bonds. The summed E-state index contributed by atoms with van der Waals surface area (Å²) in [6, 6.07) is 0. The minimum absolute atomic E-state index is 1.21. The summed E-state index contributed by atoms with van der Waals surface area (Å²) in [5.41, 5.74) is 0. The molecule has 0 atom stereocenters. The first-order valence-electron chi connectivity index (χ1n) is 3.93. The van der Waals surface area contributed by atoms with Crippen molar-refractivity contribution in [1.82, 2.24) is 0 Å². The Bertz CT molecular complexity index is 172. The van der Waals surface area contributed by atoms with E-state index in [1.54, 1.807) is 25.7 Å². The highest BCUT2D eigenvalue weighted by atomic mass is 16.4. The van der Waals surface area contributed by atoms with E-state index in [1.165, 1.54) is 17.8 Å². The van der Waals surface area contributed by atoms with Gasteiger partial charge in [0.1, 0.15) is 0 Å². The summed E-state index contributed by atoms with van der Waals surface area (Å²) in [6.45, 7) is 0. The van der Waals surface area contributed by atoms with Crippen molar-refractivity contribution >= 4 is 5.97 Å². The van der Waals surface area contributed by atoms with Gasteiger partial charge in [0.05, 0.1) is 0 Å². The zero-order valence-corrected chi connectivity index (χ0v) is 6.42. The molecule has 0 spiro atoms. The van der Waals surface area contributed by atoms with Crippen LogP contribution in [0.5, 0.6) is 0 Å². The molecule has 2 aliphatic rings. The number of fused-ring (bicyclic) bond motifs is 1. The zero-order valence-electron chi connectivity index (χ0n) is 6.42. The summed E-state index contributed by atoms with van der Waals surface area (Å²) in [7, 11) is 0. The first kappa shape index (κ1) is 8.13. The molecule has 2 fully saturated rings. The van der Waals surface area contributed by atoms with Crippen LogP contribution in [0.3, 0.4) is 0 Å². The number of carboxylic acids is 1.